The van der Waals surface area contributed by atoms with Crippen LogP contribution in [0.2, 0.25) is 0 Å². The molecular weight excluding hydrogens is 206 g/mol. The van der Waals surface area contributed by atoms with Gasteiger partial charge in [0.25, 0.3) is 0 Å². The van der Waals surface area contributed by atoms with Crippen LogP contribution < -0.4 is 5.32 Å². The zero-order valence-corrected chi connectivity index (χ0v) is 7.95. The molecule has 1 heterocycles. The number of carbonyl (C=O) groups excluding carboxylic acids is 1. The molecule has 1 saturated heterocycles. The van der Waals surface area contributed by atoms with Crippen LogP contribution in [-0.4, -0.2) is 33.6 Å². The summed E-state index contributed by atoms with van der Waals surface area (Å²) < 4.78 is 0. The van der Waals surface area contributed by atoms with Crippen molar-refractivity contribution in [2.24, 2.45) is 10.2 Å². The molecule has 0 aromatic carbocycles. The summed E-state index contributed by atoms with van der Waals surface area (Å²) in [6.07, 6.45) is 1.01. The quantitative estimate of drug-likeness (QED) is 0.505. The van der Waals surface area contributed by atoms with Crippen molar-refractivity contribution in [3.8, 4) is 0 Å². The SMILES string of the molecule is [CH2]C=NN=C1NC(=O)C(CC(=O)O)S1. The Labute approximate surface area is 84.5 Å². The topological polar surface area (TPSA) is 91.1 Å². The molecule has 1 unspecified atom stereocenters. The fourth-order valence-corrected chi connectivity index (χ4v) is 1.75. The van der Waals surface area contributed by atoms with Crippen molar-refractivity contribution in [2.75, 3.05) is 0 Å². The Bertz CT molecular complexity index is 313. The average Bonchev–Trinajstić information content (AvgIpc) is 2.43. The number of carbonyl (C=O) groups is 2. The van der Waals surface area contributed by atoms with Crippen LogP contribution in [0.3, 0.4) is 0 Å². The molecule has 7 heteroatoms. The van der Waals surface area contributed by atoms with Gasteiger partial charge in [0.2, 0.25) is 5.91 Å². The van der Waals surface area contributed by atoms with Crippen LogP contribution in [0.4, 0.5) is 0 Å². The fraction of sp³-hybridized carbons (Fsp3) is 0.286. The molecule has 6 nitrogen and oxygen atoms in total. The van der Waals surface area contributed by atoms with Crippen LogP contribution in [0.5, 0.6) is 0 Å². The van der Waals surface area contributed by atoms with Gasteiger partial charge < -0.3 is 10.4 Å². The summed E-state index contributed by atoms with van der Waals surface area (Å²) >= 11 is 1.05. The molecule has 2 N–H and O–H groups in total. The van der Waals surface area contributed by atoms with Crippen molar-refractivity contribution < 1.29 is 14.7 Å². The van der Waals surface area contributed by atoms with Gasteiger partial charge in [-0.1, -0.05) is 11.8 Å². The highest BCUT2D eigenvalue weighted by atomic mass is 32.2. The average molecular weight is 214 g/mol. The summed E-state index contributed by atoms with van der Waals surface area (Å²) in [4.78, 5) is 21.5. The third-order valence-corrected chi connectivity index (χ3v) is 2.44. The minimum atomic E-state index is -1.01. The Morgan fingerprint density at radius 1 is 1.79 bits per heavy atom. The summed E-state index contributed by atoms with van der Waals surface area (Å²) in [7, 11) is 0. The van der Waals surface area contributed by atoms with E-state index in [1.165, 1.54) is 6.21 Å². The molecule has 75 valence electrons. The van der Waals surface area contributed by atoms with Gasteiger partial charge in [-0.25, -0.2) is 0 Å². The summed E-state index contributed by atoms with van der Waals surface area (Å²) in [6, 6.07) is 0. The molecule has 1 fully saturated rings. The molecule has 0 spiro atoms. The Kier molecular flexibility index (Phi) is 3.63. The third-order valence-electron chi connectivity index (χ3n) is 1.37. The van der Waals surface area contributed by atoms with Gasteiger partial charge >= 0.3 is 5.97 Å². The minimum absolute atomic E-state index is 0.219. The van der Waals surface area contributed by atoms with Crippen LogP contribution in [0, 0.1) is 6.92 Å². The van der Waals surface area contributed by atoms with E-state index in [-0.39, 0.29) is 12.3 Å². The van der Waals surface area contributed by atoms with Crippen LogP contribution >= 0.6 is 11.8 Å². The smallest absolute Gasteiger partial charge is 0.305 e. The number of nitrogens with zero attached hydrogens (tertiary/aromatic N) is 2. The van der Waals surface area contributed by atoms with E-state index in [0.717, 1.165) is 11.8 Å². The minimum Gasteiger partial charge on any atom is -0.481 e. The maximum absolute atomic E-state index is 11.1. The second-order valence-corrected chi connectivity index (χ2v) is 3.59. The van der Waals surface area contributed by atoms with Crippen LogP contribution in [0.15, 0.2) is 10.2 Å². The number of amidine groups is 1. The van der Waals surface area contributed by atoms with Crippen LogP contribution in [0.1, 0.15) is 6.42 Å². The van der Waals surface area contributed by atoms with Gasteiger partial charge in [0.15, 0.2) is 5.17 Å². The lowest BCUT2D eigenvalue weighted by Gasteiger charge is -1.97. The molecule has 1 aliphatic heterocycles. The van der Waals surface area contributed by atoms with Crippen molar-refractivity contribution in [2.45, 2.75) is 11.7 Å². The molecule has 0 saturated carbocycles. The number of nitrogens with one attached hydrogen (secondary N) is 1. The summed E-state index contributed by atoms with van der Waals surface area (Å²) in [5.74, 6) is -1.37. The van der Waals surface area contributed by atoms with E-state index >= 15 is 0 Å². The summed E-state index contributed by atoms with van der Waals surface area (Å²) in [5, 5.41) is 17.7. The van der Waals surface area contributed by atoms with Crippen molar-refractivity contribution in [3.63, 3.8) is 0 Å². The molecule has 0 aromatic heterocycles. The predicted molar refractivity (Wildman–Crippen MR) is 53.1 cm³/mol. The molecular formula is C7H8N3O3S. The highest BCUT2D eigenvalue weighted by molar-refractivity contribution is 8.15. The monoisotopic (exact) mass is 214 g/mol. The second kappa shape index (κ2) is 4.75. The van der Waals surface area contributed by atoms with Crippen molar-refractivity contribution >= 4 is 35.0 Å². The van der Waals surface area contributed by atoms with E-state index in [9.17, 15) is 9.59 Å². The summed E-state index contributed by atoms with van der Waals surface area (Å²) in [5.41, 5.74) is 0. The highest BCUT2D eigenvalue weighted by Crippen LogP contribution is 2.22. The third kappa shape index (κ3) is 2.84. The van der Waals surface area contributed by atoms with Gasteiger partial charge in [0.05, 0.1) is 6.42 Å². The lowest BCUT2D eigenvalue weighted by atomic mass is 10.3. The maximum Gasteiger partial charge on any atom is 0.305 e. The number of hydrogen-bond acceptors (Lipinski definition) is 5. The van der Waals surface area contributed by atoms with Gasteiger partial charge in [-0.2, -0.15) is 5.10 Å². The van der Waals surface area contributed by atoms with Crippen LogP contribution in [0.25, 0.3) is 0 Å². The Hall–Kier alpha value is -1.37. The number of hydrogen-bond donors (Lipinski definition) is 2. The first-order valence-electron chi connectivity index (χ1n) is 3.71. The van der Waals surface area contributed by atoms with Crippen molar-refractivity contribution in [1.29, 1.82) is 0 Å². The van der Waals surface area contributed by atoms with E-state index in [1.807, 2.05) is 0 Å². The first-order chi connectivity index (χ1) is 6.63. The fourth-order valence-electron chi connectivity index (χ4n) is 0.838. The Morgan fingerprint density at radius 3 is 3.07 bits per heavy atom. The number of carboxylic acids is 1. The van der Waals surface area contributed by atoms with Gasteiger partial charge in [-0.05, 0) is 6.92 Å². The molecule has 1 rings (SSSR count). The van der Waals surface area contributed by atoms with Gasteiger partial charge in [0, 0.05) is 6.21 Å². The molecule has 1 aliphatic rings. The molecule has 0 aliphatic carbocycles. The molecule has 0 bridgehead atoms. The standard InChI is InChI=1S/C7H8N3O3S/c1-2-8-10-7-9-6(13)4(14-7)3-5(11)12/h2,4H,1,3H2,(H,11,12)(H,9,10,13). The maximum atomic E-state index is 11.1. The van der Waals surface area contributed by atoms with Gasteiger partial charge in [0.1, 0.15) is 5.25 Å². The lowest BCUT2D eigenvalue weighted by Crippen LogP contribution is -2.26. The zero-order chi connectivity index (χ0) is 10.6. The first kappa shape index (κ1) is 10.7. The number of aliphatic carboxylic acids is 1. The molecule has 0 aromatic rings. The van der Waals surface area contributed by atoms with E-state index in [4.69, 9.17) is 5.11 Å². The molecule has 1 atom stereocenters. The van der Waals surface area contributed by atoms with E-state index < -0.39 is 11.2 Å². The van der Waals surface area contributed by atoms with E-state index in [0.29, 0.717) is 5.17 Å². The second-order valence-electron chi connectivity index (χ2n) is 2.40. The van der Waals surface area contributed by atoms with Gasteiger partial charge in [-0.3, -0.25) is 9.59 Å². The Morgan fingerprint density at radius 2 is 2.50 bits per heavy atom. The molecule has 14 heavy (non-hydrogen) atoms. The zero-order valence-electron chi connectivity index (χ0n) is 7.14. The van der Waals surface area contributed by atoms with Crippen molar-refractivity contribution in [1.82, 2.24) is 5.32 Å². The largest absolute Gasteiger partial charge is 0.481 e. The number of thioether (sulfide) groups is 1. The number of amides is 1. The number of rotatable bonds is 3. The van der Waals surface area contributed by atoms with Gasteiger partial charge in [-0.15, -0.1) is 5.10 Å². The normalized spacial score (nSPS) is 24.5. The number of carboxylic acid groups (broad SMARTS) is 1. The highest BCUT2D eigenvalue weighted by Gasteiger charge is 2.31. The Balaban J connectivity index is 2.60. The van der Waals surface area contributed by atoms with Crippen LogP contribution in [-0.2, 0) is 9.59 Å². The van der Waals surface area contributed by atoms with Crippen molar-refractivity contribution in [3.05, 3.63) is 6.92 Å². The van der Waals surface area contributed by atoms with E-state index in [1.54, 1.807) is 0 Å². The lowest BCUT2D eigenvalue weighted by molar-refractivity contribution is -0.138. The molecule has 1 amide bonds. The van der Waals surface area contributed by atoms with E-state index in [2.05, 4.69) is 22.4 Å². The first-order valence-corrected chi connectivity index (χ1v) is 4.59. The molecule has 1 radical (unpaired) electrons. The predicted octanol–water partition coefficient (Wildman–Crippen LogP) is -0.131. The summed E-state index contributed by atoms with van der Waals surface area (Å²) in [6.45, 7) is 3.32.